The molecule has 4 nitrogen and oxygen atoms in total. The van der Waals surface area contributed by atoms with Crippen LogP contribution in [0.15, 0.2) is 11.1 Å². The van der Waals surface area contributed by atoms with Crippen LogP contribution in [-0.4, -0.2) is 11.9 Å². The Bertz CT molecular complexity index is 744. The number of fused-ring (bicyclic) bond motifs is 2. The lowest BCUT2D eigenvalue weighted by Crippen LogP contribution is -2.04. The second kappa shape index (κ2) is 4.57. The third kappa shape index (κ3) is 1.70. The maximum Gasteiger partial charge on any atom is 0.344 e. The van der Waals surface area contributed by atoms with Gasteiger partial charge in [0, 0.05) is 22.3 Å². The van der Waals surface area contributed by atoms with Crippen LogP contribution in [0.2, 0.25) is 0 Å². The summed E-state index contributed by atoms with van der Waals surface area (Å²) >= 11 is 0. The zero-order valence-electron chi connectivity index (χ0n) is 13.6. The van der Waals surface area contributed by atoms with E-state index < -0.39 is 0 Å². The van der Waals surface area contributed by atoms with Crippen LogP contribution in [0.5, 0.6) is 11.5 Å². The fourth-order valence-electron chi connectivity index (χ4n) is 3.20. The lowest BCUT2D eigenvalue weighted by atomic mass is 9.89. The molecule has 0 aromatic heterocycles. The van der Waals surface area contributed by atoms with Crippen LogP contribution in [0.4, 0.5) is 0 Å². The van der Waals surface area contributed by atoms with Gasteiger partial charge in [-0.05, 0) is 41.5 Å². The van der Waals surface area contributed by atoms with Gasteiger partial charge in [-0.3, -0.25) is 0 Å². The number of hydrogen-bond acceptors (Lipinski definition) is 4. The quantitative estimate of drug-likeness (QED) is 0.416. The predicted molar refractivity (Wildman–Crippen MR) is 83.7 cm³/mol. The van der Waals surface area contributed by atoms with Crippen molar-refractivity contribution >= 4 is 23.1 Å². The Morgan fingerprint density at radius 1 is 0.682 bits per heavy atom. The van der Waals surface area contributed by atoms with Crippen molar-refractivity contribution in [3.63, 3.8) is 0 Å². The molecule has 0 aliphatic carbocycles. The van der Waals surface area contributed by atoms with E-state index in [0.29, 0.717) is 22.6 Å². The van der Waals surface area contributed by atoms with Crippen LogP contribution in [0.25, 0.3) is 11.1 Å². The van der Waals surface area contributed by atoms with Crippen LogP contribution in [0.3, 0.4) is 0 Å². The summed E-state index contributed by atoms with van der Waals surface area (Å²) in [5.74, 6) is 0.425. The maximum atomic E-state index is 12.2. The molecule has 1 aromatic carbocycles. The average Bonchev–Trinajstić information content (AvgIpc) is 2.93. The van der Waals surface area contributed by atoms with E-state index in [0.717, 1.165) is 33.4 Å². The molecule has 114 valence electrons. The van der Waals surface area contributed by atoms with Crippen molar-refractivity contribution in [1.29, 1.82) is 0 Å². The summed E-state index contributed by atoms with van der Waals surface area (Å²) in [6.45, 7) is 11.2. The van der Waals surface area contributed by atoms with Crippen molar-refractivity contribution in [2.24, 2.45) is 0 Å². The molecule has 0 spiro atoms. The molecule has 22 heavy (non-hydrogen) atoms. The van der Waals surface area contributed by atoms with E-state index in [-0.39, 0.29) is 11.9 Å². The molecule has 0 bridgehead atoms. The SMILES string of the molecule is CC(C)=C1C(=O)Oc2c(C)c3c(c(C)c21)OC(=O)C3=C(C)C. The van der Waals surface area contributed by atoms with Crippen molar-refractivity contribution in [2.75, 3.05) is 0 Å². The molecule has 2 heterocycles. The molecule has 0 saturated carbocycles. The van der Waals surface area contributed by atoms with Crippen molar-refractivity contribution in [1.82, 2.24) is 0 Å². The van der Waals surface area contributed by atoms with Gasteiger partial charge in [0.2, 0.25) is 0 Å². The van der Waals surface area contributed by atoms with E-state index in [1.165, 1.54) is 0 Å². The lowest BCUT2D eigenvalue weighted by Gasteiger charge is -2.12. The van der Waals surface area contributed by atoms with E-state index >= 15 is 0 Å². The van der Waals surface area contributed by atoms with Gasteiger partial charge in [0.25, 0.3) is 0 Å². The molecule has 2 aliphatic heterocycles. The summed E-state index contributed by atoms with van der Waals surface area (Å²) in [6, 6.07) is 0. The molecule has 0 N–H and O–H groups in total. The summed E-state index contributed by atoms with van der Waals surface area (Å²) in [5, 5.41) is 0. The second-order valence-electron chi connectivity index (χ2n) is 6.19. The number of esters is 2. The Morgan fingerprint density at radius 3 is 1.27 bits per heavy atom. The van der Waals surface area contributed by atoms with Crippen LogP contribution < -0.4 is 9.47 Å². The van der Waals surface area contributed by atoms with Crippen molar-refractivity contribution < 1.29 is 19.1 Å². The fourth-order valence-corrected chi connectivity index (χ4v) is 3.20. The van der Waals surface area contributed by atoms with Crippen LogP contribution >= 0.6 is 0 Å². The lowest BCUT2D eigenvalue weighted by molar-refractivity contribution is -0.127. The monoisotopic (exact) mass is 298 g/mol. The molecule has 0 saturated heterocycles. The largest absolute Gasteiger partial charge is 0.422 e. The average molecular weight is 298 g/mol. The fraction of sp³-hybridized carbons (Fsp3) is 0.333. The smallest absolute Gasteiger partial charge is 0.344 e. The number of allylic oxidation sites excluding steroid dienone is 2. The molecule has 0 fully saturated rings. The first-order valence-corrected chi connectivity index (χ1v) is 7.22. The van der Waals surface area contributed by atoms with Gasteiger partial charge in [0.1, 0.15) is 11.5 Å². The molecule has 0 unspecified atom stereocenters. The first-order chi connectivity index (χ1) is 10.3. The van der Waals surface area contributed by atoms with Gasteiger partial charge in [0.05, 0.1) is 11.1 Å². The number of carbonyl (C=O) groups excluding carboxylic acids is 2. The highest BCUT2D eigenvalue weighted by molar-refractivity contribution is 6.26. The Morgan fingerprint density at radius 2 is 1.00 bits per heavy atom. The van der Waals surface area contributed by atoms with E-state index in [4.69, 9.17) is 9.47 Å². The van der Waals surface area contributed by atoms with Gasteiger partial charge in [-0.25, -0.2) is 9.59 Å². The Hall–Kier alpha value is -2.36. The van der Waals surface area contributed by atoms with Crippen molar-refractivity contribution in [3.8, 4) is 11.5 Å². The highest BCUT2D eigenvalue weighted by Crippen LogP contribution is 2.51. The highest BCUT2D eigenvalue weighted by Gasteiger charge is 2.40. The third-order valence-electron chi connectivity index (χ3n) is 4.18. The van der Waals surface area contributed by atoms with Crippen LogP contribution in [-0.2, 0) is 9.59 Å². The van der Waals surface area contributed by atoms with Crippen LogP contribution in [0, 0.1) is 13.8 Å². The van der Waals surface area contributed by atoms with Gasteiger partial charge >= 0.3 is 11.9 Å². The maximum absolute atomic E-state index is 12.2. The van der Waals surface area contributed by atoms with Gasteiger partial charge in [-0.2, -0.15) is 0 Å². The minimum atomic E-state index is -0.338. The molecule has 2 aliphatic rings. The normalized spacial score (nSPS) is 15.5. The van der Waals surface area contributed by atoms with Gasteiger partial charge in [0.15, 0.2) is 0 Å². The van der Waals surface area contributed by atoms with Gasteiger partial charge in [-0.15, -0.1) is 0 Å². The van der Waals surface area contributed by atoms with Crippen molar-refractivity contribution in [2.45, 2.75) is 41.5 Å². The number of rotatable bonds is 0. The third-order valence-corrected chi connectivity index (χ3v) is 4.18. The minimum absolute atomic E-state index is 0.338. The van der Waals surface area contributed by atoms with Crippen LogP contribution in [0.1, 0.15) is 49.9 Å². The predicted octanol–water partition coefficient (Wildman–Crippen LogP) is 3.73. The molecule has 0 atom stereocenters. The molecular weight excluding hydrogens is 280 g/mol. The summed E-state index contributed by atoms with van der Waals surface area (Å²) in [7, 11) is 0. The molecule has 0 radical (unpaired) electrons. The zero-order chi connectivity index (χ0) is 16.3. The van der Waals surface area contributed by atoms with E-state index in [1.54, 1.807) is 0 Å². The second-order valence-corrected chi connectivity index (χ2v) is 6.19. The van der Waals surface area contributed by atoms with Crippen molar-refractivity contribution in [3.05, 3.63) is 33.4 Å². The molecule has 0 amide bonds. The Labute approximate surface area is 129 Å². The standard InChI is InChI=1S/C18H18O4/c1-7(2)11-13-9(5)16-14(10(6)15(13)21-17(11)19)12(8(3)4)18(20)22-16/h1-6H3. The first-order valence-electron chi connectivity index (χ1n) is 7.22. The summed E-state index contributed by atoms with van der Waals surface area (Å²) in [6.07, 6.45) is 0. The Balaban J connectivity index is 2.44. The number of carbonyl (C=O) groups is 2. The zero-order valence-corrected chi connectivity index (χ0v) is 13.6. The van der Waals surface area contributed by atoms with Gasteiger partial charge < -0.3 is 9.47 Å². The van der Waals surface area contributed by atoms with E-state index in [2.05, 4.69) is 0 Å². The number of ether oxygens (including phenoxy) is 2. The molecular formula is C18H18O4. The first kappa shape index (κ1) is 14.6. The summed E-state index contributed by atoms with van der Waals surface area (Å²) < 4.78 is 11.0. The Kier molecular flexibility index (Phi) is 3.02. The number of hydrogen-bond donors (Lipinski definition) is 0. The highest BCUT2D eigenvalue weighted by atomic mass is 16.5. The minimum Gasteiger partial charge on any atom is -0.422 e. The summed E-state index contributed by atoms with van der Waals surface area (Å²) in [4.78, 5) is 24.4. The molecule has 1 aromatic rings. The molecule has 4 heteroatoms. The van der Waals surface area contributed by atoms with E-state index in [9.17, 15) is 9.59 Å². The number of benzene rings is 1. The molecule has 3 rings (SSSR count). The summed E-state index contributed by atoms with van der Waals surface area (Å²) in [5.41, 5.74) is 5.98. The topological polar surface area (TPSA) is 52.6 Å². The van der Waals surface area contributed by atoms with Gasteiger partial charge in [-0.1, -0.05) is 11.1 Å². The van der Waals surface area contributed by atoms with E-state index in [1.807, 2.05) is 41.5 Å².